The molecule has 110 valence electrons. The van der Waals surface area contributed by atoms with Crippen LogP contribution in [0.15, 0.2) is 46.9 Å². The van der Waals surface area contributed by atoms with Gasteiger partial charge in [0.25, 0.3) is 5.91 Å². The van der Waals surface area contributed by atoms with Gasteiger partial charge in [0.2, 0.25) is 0 Å². The first-order chi connectivity index (χ1) is 9.95. The molecule has 2 aromatic rings. The number of halogens is 1. The molecule has 0 aliphatic carbocycles. The molecule has 2 aromatic carbocycles. The van der Waals surface area contributed by atoms with Gasteiger partial charge in [-0.25, -0.2) is 0 Å². The number of benzene rings is 2. The van der Waals surface area contributed by atoms with Crippen LogP contribution in [0, 0.1) is 6.92 Å². The lowest BCUT2D eigenvalue weighted by Crippen LogP contribution is -2.14. The predicted octanol–water partition coefficient (Wildman–Crippen LogP) is 4.80. The molecule has 1 amide bonds. The monoisotopic (exact) mass is 347 g/mol. The Morgan fingerprint density at radius 3 is 2.57 bits per heavy atom. The van der Waals surface area contributed by atoms with Crippen molar-refractivity contribution in [2.24, 2.45) is 0 Å². The van der Waals surface area contributed by atoms with Crippen molar-refractivity contribution in [3.8, 4) is 5.75 Å². The van der Waals surface area contributed by atoms with Crippen LogP contribution in [0.4, 0.5) is 5.69 Å². The van der Waals surface area contributed by atoms with Gasteiger partial charge in [0, 0.05) is 10.0 Å². The molecule has 1 N–H and O–H groups in total. The third-order valence-electron chi connectivity index (χ3n) is 2.80. The SMILES string of the molecule is Cc1cc(Br)cc(C(=O)Nc2ccccc2OC(C)C)c1. The molecule has 0 spiro atoms. The summed E-state index contributed by atoms with van der Waals surface area (Å²) in [4.78, 5) is 12.4. The molecule has 0 fully saturated rings. The van der Waals surface area contributed by atoms with Crippen LogP contribution in [0.3, 0.4) is 0 Å². The summed E-state index contributed by atoms with van der Waals surface area (Å²) in [5, 5.41) is 2.90. The zero-order chi connectivity index (χ0) is 15.4. The highest BCUT2D eigenvalue weighted by molar-refractivity contribution is 9.10. The van der Waals surface area contributed by atoms with Gasteiger partial charge < -0.3 is 10.1 Å². The average Bonchev–Trinajstić information content (AvgIpc) is 2.39. The molecule has 0 unspecified atom stereocenters. The second-order valence-electron chi connectivity index (χ2n) is 5.13. The van der Waals surface area contributed by atoms with Crippen molar-refractivity contribution in [1.29, 1.82) is 0 Å². The van der Waals surface area contributed by atoms with Crippen LogP contribution in [0.5, 0.6) is 5.75 Å². The van der Waals surface area contributed by atoms with Gasteiger partial charge in [0.1, 0.15) is 5.75 Å². The predicted molar refractivity (Wildman–Crippen MR) is 89.0 cm³/mol. The summed E-state index contributed by atoms with van der Waals surface area (Å²) in [6.45, 7) is 5.86. The molecule has 3 nitrogen and oxygen atoms in total. The van der Waals surface area contributed by atoms with Crippen molar-refractivity contribution in [1.82, 2.24) is 0 Å². The summed E-state index contributed by atoms with van der Waals surface area (Å²) in [5.74, 6) is 0.520. The van der Waals surface area contributed by atoms with Gasteiger partial charge in [0.15, 0.2) is 0 Å². The minimum atomic E-state index is -0.154. The summed E-state index contributed by atoms with van der Waals surface area (Å²) in [6.07, 6.45) is 0.0520. The molecule has 0 heterocycles. The third kappa shape index (κ3) is 4.33. The normalized spacial score (nSPS) is 10.5. The van der Waals surface area contributed by atoms with Gasteiger partial charge in [-0.2, -0.15) is 0 Å². The van der Waals surface area contributed by atoms with Crippen LogP contribution in [0.25, 0.3) is 0 Å². The van der Waals surface area contributed by atoms with Gasteiger partial charge in [-0.1, -0.05) is 28.1 Å². The van der Waals surface area contributed by atoms with Gasteiger partial charge in [-0.3, -0.25) is 4.79 Å². The van der Waals surface area contributed by atoms with E-state index in [-0.39, 0.29) is 12.0 Å². The molecule has 0 aliphatic heterocycles. The third-order valence-corrected chi connectivity index (χ3v) is 3.26. The summed E-state index contributed by atoms with van der Waals surface area (Å²) in [5.41, 5.74) is 2.32. The second-order valence-corrected chi connectivity index (χ2v) is 6.05. The average molecular weight is 348 g/mol. The van der Waals surface area contributed by atoms with Crippen LogP contribution in [-0.4, -0.2) is 12.0 Å². The van der Waals surface area contributed by atoms with Crippen LogP contribution in [0.2, 0.25) is 0 Å². The van der Waals surface area contributed by atoms with Gasteiger partial charge in [-0.05, 0) is 56.7 Å². The van der Waals surface area contributed by atoms with Crippen LogP contribution >= 0.6 is 15.9 Å². The van der Waals surface area contributed by atoms with Crippen molar-refractivity contribution in [3.05, 3.63) is 58.1 Å². The Morgan fingerprint density at radius 2 is 1.90 bits per heavy atom. The van der Waals surface area contributed by atoms with E-state index in [4.69, 9.17) is 4.74 Å². The van der Waals surface area contributed by atoms with Crippen molar-refractivity contribution in [2.75, 3.05) is 5.32 Å². The maximum Gasteiger partial charge on any atom is 0.255 e. The topological polar surface area (TPSA) is 38.3 Å². The first kappa shape index (κ1) is 15.6. The Labute approximate surface area is 133 Å². The summed E-state index contributed by atoms with van der Waals surface area (Å²) >= 11 is 3.41. The Morgan fingerprint density at radius 1 is 1.19 bits per heavy atom. The largest absolute Gasteiger partial charge is 0.489 e. The maximum absolute atomic E-state index is 12.4. The summed E-state index contributed by atoms with van der Waals surface area (Å²) in [7, 11) is 0. The second kappa shape index (κ2) is 6.76. The molecule has 0 bridgehead atoms. The zero-order valence-corrected chi connectivity index (χ0v) is 13.9. The number of nitrogens with one attached hydrogen (secondary N) is 1. The number of carbonyl (C=O) groups is 1. The molecule has 0 saturated heterocycles. The van der Waals surface area contributed by atoms with Crippen LogP contribution in [-0.2, 0) is 0 Å². The van der Waals surface area contributed by atoms with E-state index in [2.05, 4.69) is 21.2 Å². The Hall–Kier alpha value is -1.81. The number of amides is 1. The standard InChI is InChI=1S/C17H18BrNO2/c1-11(2)21-16-7-5-4-6-15(16)19-17(20)13-8-12(3)9-14(18)10-13/h4-11H,1-3H3,(H,19,20). The highest BCUT2D eigenvalue weighted by atomic mass is 79.9. The molecule has 0 saturated carbocycles. The first-order valence-corrected chi connectivity index (χ1v) is 7.59. The van der Waals surface area contributed by atoms with E-state index in [0.29, 0.717) is 17.0 Å². The van der Waals surface area contributed by atoms with Gasteiger partial charge >= 0.3 is 0 Å². The molecular weight excluding hydrogens is 330 g/mol. The Balaban J connectivity index is 2.23. The van der Waals surface area contributed by atoms with Crippen molar-refractivity contribution in [2.45, 2.75) is 26.9 Å². The smallest absolute Gasteiger partial charge is 0.255 e. The van der Waals surface area contributed by atoms with Crippen molar-refractivity contribution >= 4 is 27.5 Å². The fourth-order valence-corrected chi connectivity index (χ4v) is 2.60. The van der Waals surface area contributed by atoms with E-state index in [9.17, 15) is 4.79 Å². The minimum absolute atomic E-state index is 0.0520. The lowest BCUT2D eigenvalue weighted by molar-refractivity contribution is 0.102. The number of anilines is 1. The molecule has 4 heteroatoms. The highest BCUT2D eigenvalue weighted by Crippen LogP contribution is 2.26. The van der Waals surface area contributed by atoms with Crippen LogP contribution < -0.4 is 10.1 Å². The molecule has 2 rings (SSSR count). The lowest BCUT2D eigenvalue weighted by Gasteiger charge is -2.15. The van der Waals surface area contributed by atoms with Crippen molar-refractivity contribution in [3.63, 3.8) is 0 Å². The number of aryl methyl sites for hydroxylation is 1. The summed E-state index contributed by atoms with van der Waals surface area (Å²) < 4.78 is 6.59. The number of hydrogen-bond donors (Lipinski definition) is 1. The number of para-hydroxylation sites is 2. The van der Waals surface area contributed by atoms with E-state index >= 15 is 0 Å². The maximum atomic E-state index is 12.4. The van der Waals surface area contributed by atoms with E-state index < -0.39 is 0 Å². The lowest BCUT2D eigenvalue weighted by atomic mass is 10.1. The fraction of sp³-hybridized carbons (Fsp3) is 0.235. The number of hydrogen-bond acceptors (Lipinski definition) is 2. The Kier molecular flexibility index (Phi) is 5.02. The highest BCUT2D eigenvalue weighted by Gasteiger charge is 2.11. The molecule has 0 aliphatic rings. The van der Waals surface area contributed by atoms with Gasteiger partial charge in [0.05, 0.1) is 11.8 Å². The fourth-order valence-electron chi connectivity index (χ4n) is 1.99. The van der Waals surface area contributed by atoms with Crippen molar-refractivity contribution < 1.29 is 9.53 Å². The zero-order valence-electron chi connectivity index (χ0n) is 12.3. The molecule has 21 heavy (non-hydrogen) atoms. The Bertz CT molecular complexity index is 633. The quantitative estimate of drug-likeness (QED) is 0.862. The van der Waals surface area contributed by atoms with E-state index in [1.54, 1.807) is 6.07 Å². The molecule has 0 radical (unpaired) electrons. The number of ether oxygens (including phenoxy) is 1. The molecular formula is C17H18BrNO2. The number of carbonyl (C=O) groups excluding carboxylic acids is 1. The van der Waals surface area contributed by atoms with E-state index in [1.807, 2.05) is 57.2 Å². The van der Waals surface area contributed by atoms with E-state index in [0.717, 1.165) is 10.0 Å². The van der Waals surface area contributed by atoms with Gasteiger partial charge in [-0.15, -0.1) is 0 Å². The summed E-state index contributed by atoms with van der Waals surface area (Å²) in [6, 6.07) is 13.1. The first-order valence-electron chi connectivity index (χ1n) is 6.80. The van der Waals surface area contributed by atoms with E-state index in [1.165, 1.54) is 0 Å². The molecule has 0 atom stereocenters. The molecule has 0 aromatic heterocycles. The van der Waals surface area contributed by atoms with Crippen LogP contribution in [0.1, 0.15) is 29.8 Å². The minimum Gasteiger partial charge on any atom is -0.489 e. The number of rotatable bonds is 4.